The molecule has 3 aromatic rings. The van der Waals surface area contributed by atoms with E-state index >= 15 is 0 Å². The Morgan fingerprint density at radius 2 is 1.81 bits per heavy atom. The first kappa shape index (κ1) is 36.8. The van der Waals surface area contributed by atoms with Gasteiger partial charge in [0.15, 0.2) is 11.5 Å². The van der Waals surface area contributed by atoms with Crippen molar-refractivity contribution in [2.75, 3.05) is 25.4 Å². The van der Waals surface area contributed by atoms with Crippen molar-refractivity contribution >= 4 is 50.8 Å². The Morgan fingerprint density at radius 1 is 1.10 bits per heavy atom. The minimum Gasteiger partial charge on any atom is -0.489 e. The predicted molar refractivity (Wildman–Crippen MR) is 178 cm³/mol. The van der Waals surface area contributed by atoms with Crippen molar-refractivity contribution in [1.29, 1.82) is 0 Å². The average Bonchev–Trinajstić information content (AvgIpc) is 3.77. The van der Waals surface area contributed by atoms with Crippen LogP contribution in [-0.2, 0) is 21.8 Å². The Kier molecular flexibility index (Phi) is 11.8. The molecule has 0 aliphatic heterocycles. The smallest absolute Gasteiger partial charge is 0.387 e. The number of nitrogens with one attached hydrogen (secondary N) is 1. The van der Waals surface area contributed by atoms with E-state index < -0.39 is 28.7 Å². The number of ether oxygens (including phenoxy) is 3. The summed E-state index contributed by atoms with van der Waals surface area (Å²) in [5.41, 5.74) is 0.975. The molecule has 48 heavy (non-hydrogen) atoms. The highest BCUT2D eigenvalue weighted by Gasteiger charge is 2.27. The topological polar surface area (TPSA) is 116 Å². The molecule has 10 nitrogen and oxygen atoms in total. The Balaban J connectivity index is 1.63. The lowest BCUT2D eigenvalue weighted by Crippen LogP contribution is -2.22. The number of alkyl halides is 2. The molecule has 1 fully saturated rings. The molecule has 4 rings (SSSR count). The zero-order valence-electron chi connectivity index (χ0n) is 26.6. The molecule has 0 unspecified atom stereocenters. The molecule has 1 N–H and O–H groups in total. The van der Waals surface area contributed by atoms with E-state index in [4.69, 9.17) is 32.7 Å². The molecule has 0 spiro atoms. The van der Waals surface area contributed by atoms with Crippen LogP contribution in [-0.4, -0.2) is 57.1 Å². The summed E-state index contributed by atoms with van der Waals surface area (Å²) >= 11 is 12.5. The highest BCUT2D eigenvalue weighted by molar-refractivity contribution is 7.92. The number of aryl methyl sites for hydroxylation is 1. The number of anilines is 1. The molecule has 1 aliphatic rings. The van der Waals surface area contributed by atoms with Gasteiger partial charge in [0.2, 0.25) is 0 Å². The van der Waals surface area contributed by atoms with Gasteiger partial charge >= 0.3 is 12.6 Å². The van der Waals surface area contributed by atoms with Crippen LogP contribution < -0.4 is 14.2 Å². The lowest BCUT2D eigenvalue weighted by atomic mass is 10.00. The summed E-state index contributed by atoms with van der Waals surface area (Å²) in [5, 5.41) is 0.407. The maximum absolute atomic E-state index is 13.6. The van der Waals surface area contributed by atoms with Crippen molar-refractivity contribution in [2.45, 2.75) is 43.8 Å². The second kappa shape index (κ2) is 15.4. The van der Waals surface area contributed by atoms with E-state index in [0.29, 0.717) is 28.7 Å². The van der Waals surface area contributed by atoms with Gasteiger partial charge < -0.3 is 23.7 Å². The summed E-state index contributed by atoms with van der Waals surface area (Å²) in [7, 11) is 0.465. The van der Waals surface area contributed by atoms with Crippen LogP contribution in [0, 0.1) is 5.92 Å². The maximum atomic E-state index is 13.6. The Labute approximate surface area is 287 Å². The molecule has 0 bridgehead atoms. The lowest BCUT2D eigenvalue weighted by molar-refractivity contribution is -0.0515. The number of sulfonamides is 1. The van der Waals surface area contributed by atoms with Crippen LogP contribution >= 0.6 is 23.2 Å². The normalized spacial score (nSPS) is 14.2. The fourth-order valence-corrected chi connectivity index (χ4v) is 6.19. The maximum Gasteiger partial charge on any atom is 0.387 e. The minimum atomic E-state index is -4.16. The number of allylic oxidation sites excluding steroid dienone is 2. The van der Waals surface area contributed by atoms with Crippen molar-refractivity contribution in [2.24, 2.45) is 13.0 Å². The molecule has 15 heteroatoms. The van der Waals surface area contributed by atoms with Gasteiger partial charge in [0.25, 0.3) is 15.9 Å². The Morgan fingerprint density at radius 3 is 2.42 bits per heavy atom. The largest absolute Gasteiger partial charge is 0.489 e. The molecule has 1 aliphatic carbocycles. The summed E-state index contributed by atoms with van der Waals surface area (Å²) in [4.78, 5) is 27.1. The van der Waals surface area contributed by atoms with Crippen LogP contribution in [0.1, 0.15) is 58.7 Å². The van der Waals surface area contributed by atoms with E-state index in [1.54, 1.807) is 21.0 Å². The average molecular weight is 727 g/mol. The van der Waals surface area contributed by atoms with E-state index in [2.05, 4.69) is 16.0 Å². The number of hydrogen-bond donors (Lipinski definition) is 1. The van der Waals surface area contributed by atoms with Gasteiger partial charge in [-0.05, 0) is 73.2 Å². The number of esters is 1. The van der Waals surface area contributed by atoms with E-state index in [1.165, 1.54) is 71.2 Å². The molecule has 1 atom stereocenters. The third-order valence-corrected chi connectivity index (χ3v) is 9.21. The number of aromatic nitrogens is 1. The molecule has 1 saturated carbocycles. The van der Waals surface area contributed by atoms with Crippen LogP contribution in [0.5, 0.6) is 11.5 Å². The van der Waals surface area contributed by atoms with Crippen LogP contribution in [0.3, 0.4) is 0 Å². The molecule has 2 aromatic carbocycles. The molecule has 1 heterocycles. The quantitative estimate of drug-likeness (QED) is 0.128. The van der Waals surface area contributed by atoms with Crippen molar-refractivity contribution in [1.82, 2.24) is 9.47 Å². The predicted octanol–water partition coefficient (Wildman–Crippen LogP) is 7.47. The second-order valence-electron chi connectivity index (χ2n) is 11.4. The first-order valence-corrected chi connectivity index (χ1v) is 16.9. The second-order valence-corrected chi connectivity index (χ2v) is 14.1. The first-order valence-electron chi connectivity index (χ1n) is 14.7. The number of halogens is 4. The van der Waals surface area contributed by atoms with E-state index in [1.807, 2.05) is 0 Å². The number of carbonyl (C=O) groups is 2. The fourth-order valence-electron chi connectivity index (χ4n) is 4.66. The molecule has 0 radical (unpaired) electrons. The van der Waals surface area contributed by atoms with Gasteiger partial charge in [-0.1, -0.05) is 41.9 Å². The van der Waals surface area contributed by atoms with Crippen molar-refractivity contribution < 1.29 is 41.0 Å². The SMILES string of the molecule is C=C(Cl)/C(C[C@H](OC(=O)c1cc(NS(=O)(=O)c2cccc(C(=O)N(C)C)c2)cn1C)c1ccc(OC(F)F)c(OCC2CC2)c1)=C(\C)Cl. The van der Waals surface area contributed by atoms with Crippen LogP contribution in [0.25, 0.3) is 0 Å². The standard InChI is InChI=1S/C33H35Cl2F2N3O7S/c1-19(34)26(20(2)35)16-29(22-11-12-28(47-33(36)37)30(14-22)45-18-21-9-10-21)46-32(42)27-15-24(17-40(27)5)38-48(43,44)25-8-6-7-23(13-25)31(41)39(3)4/h6-8,11-15,17,21,29,33,38H,1,9-10,16,18H2,2-5H3/b26-20+/t29-/m0/s1. The van der Waals surface area contributed by atoms with E-state index in [-0.39, 0.29) is 50.7 Å². The zero-order valence-corrected chi connectivity index (χ0v) is 29.0. The van der Waals surface area contributed by atoms with Crippen LogP contribution in [0.2, 0.25) is 0 Å². The Hall–Kier alpha value is -4.07. The van der Waals surface area contributed by atoms with Gasteiger partial charge in [0.05, 0.1) is 17.2 Å². The van der Waals surface area contributed by atoms with E-state index in [9.17, 15) is 26.8 Å². The van der Waals surface area contributed by atoms with Gasteiger partial charge in [-0.15, -0.1) is 0 Å². The number of benzene rings is 2. The number of carbonyl (C=O) groups excluding carboxylic acids is 2. The van der Waals surface area contributed by atoms with Crippen LogP contribution in [0.4, 0.5) is 14.5 Å². The summed E-state index contributed by atoms with van der Waals surface area (Å²) in [5.74, 6) is -1.04. The van der Waals surface area contributed by atoms with Crippen molar-refractivity contribution in [3.05, 3.63) is 93.8 Å². The third-order valence-electron chi connectivity index (χ3n) is 7.37. The van der Waals surface area contributed by atoms with Gasteiger partial charge in [-0.25, -0.2) is 13.2 Å². The zero-order chi connectivity index (χ0) is 35.3. The van der Waals surface area contributed by atoms with E-state index in [0.717, 1.165) is 12.8 Å². The van der Waals surface area contributed by atoms with Crippen molar-refractivity contribution in [3.8, 4) is 11.5 Å². The molecule has 1 aromatic heterocycles. The highest BCUT2D eigenvalue weighted by Crippen LogP contribution is 2.39. The third kappa shape index (κ3) is 9.51. The van der Waals surface area contributed by atoms with Gasteiger partial charge in [-0.2, -0.15) is 8.78 Å². The number of nitrogens with zero attached hydrogens (tertiary/aromatic N) is 2. The molecular weight excluding hydrogens is 691 g/mol. The summed E-state index contributed by atoms with van der Waals surface area (Å²) in [6, 6.07) is 11.0. The monoisotopic (exact) mass is 725 g/mol. The van der Waals surface area contributed by atoms with Gasteiger partial charge in [0.1, 0.15) is 11.8 Å². The summed E-state index contributed by atoms with van der Waals surface area (Å²) in [6.45, 7) is 2.55. The molecular formula is C33H35Cl2F2N3O7S. The van der Waals surface area contributed by atoms with Gasteiger partial charge in [0, 0.05) is 49.4 Å². The number of rotatable bonds is 15. The summed E-state index contributed by atoms with van der Waals surface area (Å²) < 4.78 is 72.9. The number of hydrogen-bond acceptors (Lipinski definition) is 7. The summed E-state index contributed by atoms with van der Waals surface area (Å²) in [6.07, 6.45) is 2.21. The Bertz CT molecular complexity index is 1840. The fraction of sp³-hybridized carbons (Fsp3) is 0.333. The van der Waals surface area contributed by atoms with Crippen molar-refractivity contribution in [3.63, 3.8) is 0 Å². The lowest BCUT2D eigenvalue weighted by Gasteiger charge is -2.22. The molecule has 1 amide bonds. The highest BCUT2D eigenvalue weighted by atomic mass is 35.5. The number of amides is 1. The van der Waals surface area contributed by atoms with Crippen LogP contribution in [0.15, 0.2) is 81.8 Å². The minimum absolute atomic E-state index is 0.0186. The molecule has 0 saturated heterocycles. The first-order chi connectivity index (χ1) is 22.5. The van der Waals surface area contributed by atoms with Gasteiger partial charge in [-0.3, -0.25) is 9.52 Å². The molecule has 258 valence electrons.